The first-order valence-corrected chi connectivity index (χ1v) is 24.8. The molecule has 0 aromatic heterocycles. The fourth-order valence-electron chi connectivity index (χ4n) is 3.25. The number of rotatable bonds is 4. The number of hydrogen-bond acceptors (Lipinski definition) is 3. The first-order valence-electron chi connectivity index (χ1n) is 23.8. The first-order chi connectivity index (χ1) is 25.2. The summed E-state index contributed by atoms with van der Waals surface area (Å²) in [4.78, 5) is 4.40. The molecule has 408 valence electrons. The van der Waals surface area contributed by atoms with E-state index in [2.05, 4.69) is 266 Å². The molecular formula is C62H143NOS. The Kier molecular flexibility index (Phi) is 50.1. The van der Waals surface area contributed by atoms with E-state index in [1.54, 1.807) is 0 Å². The van der Waals surface area contributed by atoms with Crippen LogP contribution in [-0.4, -0.2) is 34.5 Å². The van der Waals surface area contributed by atoms with E-state index < -0.39 is 0 Å². The second-order valence-corrected chi connectivity index (χ2v) is 32.8. The Morgan fingerprint density at radius 2 is 0.585 bits per heavy atom. The van der Waals surface area contributed by atoms with Gasteiger partial charge < -0.3 is 4.74 Å². The molecule has 0 aromatic rings. The van der Waals surface area contributed by atoms with Crippen molar-refractivity contribution < 1.29 is 4.74 Å². The molecule has 0 bridgehead atoms. The SMILES string of the molecule is C.C.C.C.C.CC(C)(C)C=CC(C)(C)C.CC(C)(C)C=NC(C)(C)C.CC(C)(C)CCC(C)(C)C.CC(C)(C)CCC(C)(C)C.CC(C)(C)COC(C)(C)C.CC(C)(C)CSC(C)(C)C. The van der Waals surface area contributed by atoms with Gasteiger partial charge in [0, 0.05) is 11.0 Å². The van der Waals surface area contributed by atoms with Crippen LogP contribution in [0.5, 0.6) is 0 Å². The summed E-state index contributed by atoms with van der Waals surface area (Å²) in [6.45, 7) is 81.0. The normalized spacial score (nSPS) is 13.0. The highest BCUT2D eigenvalue weighted by atomic mass is 32.2. The molecule has 0 aliphatic rings. The highest BCUT2D eigenvalue weighted by molar-refractivity contribution is 8.00. The van der Waals surface area contributed by atoms with Gasteiger partial charge in [-0.1, -0.05) is 257 Å². The zero-order chi connectivity index (χ0) is 50.5. The van der Waals surface area contributed by atoms with Crippen molar-refractivity contribution in [3.63, 3.8) is 0 Å². The molecule has 0 rings (SSSR count). The van der Waals surface area contributed by atoms with Crippen molar-refractivity contribution in [2.24, 2.45) is 53.7 Å². The standard InChI is InChI=1S/2C10H22.C10H20.C9H19N.C9H20O.C9H20S.5CH4/c3*1-9(2,3)7-8-10(4,5)6;3*1-8(2,3)7-10-9(4,5)6;;;;;/h2*7-8H2,1-6H3;7-8H,1-6H3;7H,1-6H3;2*7H2,1-6H3;5*1H4. The minimum Gasteiger partial charge on any atom is -0.375 e. The highest BCUT2D eigenvalue weighted by Gasteiger charge is 2.19. The van der Waals surface area contributed by atoms with Crippen molar-refractivity contribution in [2.75, 3.05) is 12.4 Å². The van der Waals surface area contributed by atoms with Gasteiger partial charge in [-0.15, -0.1) is 0 Å². The maximum atomic E-state index is 5.59. The highest BCUT2D eigenvalue weighted by Crippen LogP contribution is 2.31. The van der Waals surface area contributed by atoms with Gasteiger partial charge in [-0.2, -0.15) is 11.8 Å². The maximum absolute atomic E-state index is 5.59. The molecule has 0 atom stereocenters. The largest absolute Gasteiger partial charge is 0.375 e. The lowest BCUT2D eigenvalue weighted by molar-refractivity contribution is -0.0382. The monoisotopic (exact) mass is 950 g/mol. The van der Waals surface area contributed by atoms with Crippen LogP contribution in [0.4, 0.5) is 0 Å². The Labute approximate surface area is 427 Å². The number of ether oxygens (including phenoxy) is 1. The average Bonchev–Trinajstić information content (AvgIpc) is 2.89. The van der Waals surface area contributed by atoms with Crippen molar-refractivity contribution >= 4 is 18.0 Å². The fourth-order valence-corrected chi connectivity index (χ4v) is 4.12. The van der Waals surface area contributed by atoms with Crippen LogP contribution in [0.2, 0.25) is 0 Å². The van der Waals surface area contributed by atoms with E-state index in [9.17, 15) is 0 Å². The van der Waals surface area contributed by atoms with E-state index in [1.807, 2.05) is 18.0 Å². The van der Waals surface area contributed by atoms with E-state index in [4.69, 9.17) is 4.74 Å². The molecule has 0 aliphatic heterocycles. The van der Waals surface area contributed by atoms with E-state index in [0.29, 0.717) is 42.7 Å². The molecule has 3 heteroatoms. The molecule has 0 radical (unpaired) electrons. The molecule has 0 fully saturated rings. The van der Waals surface area contributed by atoms with Gasteiger partial charge in [0.2, 0.25) is 0 Å². The number of hydrogen-bond donors (Lipinski definition) is 0. The summed E-state index contributed by atoms with van der Waals surface area (Å²) in [6.07, 6.45) is 11.9. The lowest BCUT2D eigenvalue weighted by Gasteiger charge is -2.26. The molecule has 0 heterocycles. The Hall–Kier alpha value is -0.280. The van der Waals surface area contributed by atoms with Crippen molar-refractivity contribution in [3.05, 3.63) is 12.2 Å². The summed E-state index contributed by atoms with van der Waals surface area (Å²) in [5.41, 5.74) is 3.74. The minimum atomic E-state index is 0. The molecular weight excluding hydrogens is 807 g/mol. The zero-order valence-electron chi connectivity index (χ0n) is 49.2. The molecule has 0 aromatic carbocycles. The van der Waals surface area contributed by atoms with Crippen LogP contribution in [0, 0.1) is 48.7 Å². The predicted octanol–water partition coefficient (Wildman–Crippen LogP) is 23.8. The van der Waals surface area contributed by atoms with E-state index >= 15 is 0 Å². The fraction of sp³-hybridized carbons (Fsp3) is 0.952. The Balaban J connectivity index is -0.0000000589. The molecule has 0 saturated heterocycles. The lowest BCUT2D eigenvalue weighted by atomic mass is 9.81. The van der Waals surface area contributed by atoms with Gasteiger partial charge >= 0.3 is 0 Å². The predicted molar refractivity (Wildman–Crippen MR) is 323 cm³/mol. The molecule has 0 aliphatic carbocycles. The first kappa shape index (κ1) is 91.1. The van der Waals surface area contributed by atoms with Crippen LogP contribution >= 0.6 is 11.8 Å². The van der Waals surface area contributed by atoms with E-state index in [-0.39, 0.29) is 59.1 Å². The van der Waals surface area contributed by atoms with Gasteiger partial charge in [0.05, 0.1) is 17.7 Å². The van der Waals surface area contributed by atoms with Gasteiger partial charge in [0.25, 0.3) is 0 Å². The Morgan fingerprint density at radius 1 is 0.338 bits per heavy atom. The van der Waals surface area contributed by atoms with Crippen molar-refractivity contribution in [2.45, 2.75) is 328 Å². The molecule has 0 saturated carbocycles. The second kappa shape index (κ2) is 35.8. The summed E-state index contributed by atoms with van der Waals surface area (Å²) in [5.74, 6) is 1.25. The Bertz CT molecular complexity index is 835. The third-order valence-electron chi connectivity index (χ3n) is 7.05. The quantitative estimate of drug-likeness (QED) is 0.207. The van der Waals surface area contributed by atoms with Crippen LogP contribution in [-0.2, 0) is 4.74 Å². The second-order valence-electron chi connectivity index (χ2n) is 31.0. The van der Waals surface area contributed by atoms with Crippen molar-refractivity contribution in [1.29, 1.82) is 0 Å². The minimum absolute atomic E-state index is 0. The third kappa shape index (κ3) is 139. The van der Waals surface area contributed by atoms with Crippen LogP contribution in [0.25, 0.3) is 0 Å². The number of allylic oxidation sites excluding steroid dienone is 2. The third-order valence-corrected chi connectivity index (χ3v) is 8.93. The van der Waals surface area contributed by atoms with Crippen LogP contribution in [0.1, 0.15) is 312 Å². The lowest BCUT2D eigenvalue weighted by Crippen LogP contribution is -2.26. The zero-order valence-corrected chi connectivity index (χ0v) is 50.1. The van der Waals surface area contributed by atoms with Crippen molar-refractivity contribution in [3.8, 4) is 0 Å². The molecule has 0 amide bonds. The van der Waals surface area contributed by atoms with E-state index in [1.165, 1.54) is 31.4 Å². The maximum Gasteiger partial charge on any atom is 0.0598 e. The van der Waals surface area contributed by atoms with Gasteiger partial charge in [-0.25, -0.2) is 0 Å². The number of nitrogens with zero attached hydrogens (tertiary/aromatic N) is 1. The van der Waals surface area contributed by atoms with Gasteiger partial charge in [-0.05, 0) is 122 Å². The molecule has 2 nitrogen and oxygen atoms in total. The van der Waals surface area contributed by atoms with Gasteiger partial charge in [-0.3, -0.25) is 4.99 Å². The van der Waals surface area contributed by atoms with Crippen molar-refractivity contribution in [1.82, 2.24) is 0 Å². The van der Waals surface area contributed by atoms with E-state index in [0.717, 1.165) is 6.61 Å². The van der Waals surface area contributed by atoms with Gasteiger partial charge in [0.15, 0.2) is 0 Å². The summed E-state index contributed by atoms with van der Waals surface area (Å²) < 4.78 is 6.02. The van der Waals surface area contributed by atoms with Crippen LogP contribution in [0.3, 0.4) is 0 Å². The van der Waals surface area contributed by atoms with Gasteiger partial charge in [0.1, 0.15) is 0 Å². The van der Waals surface area contributed by atoms with Crippen LogP contribution in [0.15, 0.2) is 17.1 Å². The average molecular weight is 951 g/mol. The molecule has 0 spiro atoms. The smallest absolute Gasteiger partial charge is 0.0598 e. The summed E-state index contributed by atoms with van der Waals surface area (Å²) in [5, 5.41) is 0. The molecule has 0 N–H and O–H groups in total. The number of thioether (sulfide) groups is 1. The number of aliphatic imine (C=N–C) groups is 1. The molecule has 0 unspecified atom stereocenters. The van der Waals surface area contributed by atoms with Crippen LogP contribution < -0.4 is 0 Å². The molecule has 65 heavy (non-hydrogen) atoms. The summed E-state index contributed by atoms with van der Waals surface area (Å²) in [7, 11) is 0. The summed E-state index contributed by atoms with van der Waals surface area (Å²) >= 11 is 2.04. The summed E-state index contributed by atoms with van der Waals surface area (Å²) in [6, 6.07) is 0. The Morgan fingerprint density at radius 3 is 0.662 bits per heavy atom. The topological polar surface area (TPSA) is 21.6 Å².